The highest BCUT2D eigenvalue weighted by Gasteiger charge is 2.27. The molecule has 87 heavy (non-hydrogen) atoms. The lowest BCUT2D eigenvalue weighted by Gasteiger charge is -2.18. The molecule has 0 saturated heterocycles. The van der Waals surface area contributed by atoms with E-state index in [-0.39, 0.29) is 22.3 Å². The van der Waals surface area contributed by atoms with E-state index in [0.29, 0.717) is 51.0 Å². The standard InChI is InChI=1S/3C20H13Br2N3O3.3CH4/c3*21-13-7-5-12(6-8-13)19(20(26)27)28-18-10-9-14(22)11-17(18)25-23-15-3-1-2-4-16(15)24-25;;;/h3*1-11,19H,(H,26,27);3*1H4. The molecule has 3 heterocycles. The number of nitrogens with zero attached hydrogens (tertiary/aromatic N) is 9. The van der Waals surface area contributed by atoms with Crippen molar-refractivity contribution in [3.63, 3.8) is 0 Å². The first-order chi connectivity index (χ1) is 40.5. The number of ether oxygens (including phenoxy) is 3. The first-order valence-corrected chi connectivity index (χ1v) is 29.6. The number of halogens is 6. The number of fused-ring (bicyclic) bond motifs is 3. The third-order valence-corrected chi connectivity index (χ3v) is 15.3. The average Bonchev–Trinajstić information content (AvgIpc) is 3.14. The smallest absolute Gasteiger partial charge is 0.349 e. The maximum atomic E-state index is 11.9. The monoisotopic (exact) mass is 1550 g/mol. The maximum absolute atomic E-state index is 11.9. The normalized spacial score (nSPS) is 11.7. The van der Waals surface area contributed by atoms with Gasteiger partial charge in [0.1, 0.15) is 67.4 Å². The molecule has 3 unspecified atom stereocenters. The molecule has 3 aromatic heterocycles. The Labute approximate surface area is 549 Å². The van der Waals surface area contributed by atoms with Gasteiger partial charge in [-0.2, -0.15) is 0 Å². The average molecular weight is 1560 g/mol. The summed E-state index contributed by atoms with van der Waals surface area (Å²) in [6.07, 6.45) is -3.51. The van der Waals surface area contributed by atoms with Gasteiger partial charge in [-0.15, -0.1) is 45.0 Å². The van der Waals surface area contributed by atoms with Crippen LogP contribution in [0.4, 0.5) is 0 Å². The molecule has 24 heteroatoms. The fraction of sp³-hybridized carbons (Fsp3) is 0.0952. The van der Waals surface area contributed by atoms with Crippen LogP contribution in [-0.4, -0.2) is 78.2 Å². The van der Waals surface area contributed by atoms with Crippen molar-refractivity contribution in [2.75, 3.05) is 0 Å². The SMILES string of the molecule is C.C.C.O=C(O)C(Oc1ccc(Br)cc1-n1nc2ccccc2n1)c1ccc(Br)cc1.O=C(O)C(Oc1ccc(Br)cc1-n1nc2ccccc2n1)c1ccc(Br)cc1.O=C(O)C(Oc1ccc(Br)cc1-n1nc2ccccc2n1)c1ccc(Br)cc1. The summed E-state index contributed by atoms with van der Waals surface area (Å²) in [4.78, 5) is 39.9. The van der Waals surface area contributed by atoms with Gasteiger partial charge in [0.2, 0.25) is 18.3 Å². The van der Waals surface area contributed by atoms with Crippen molar-refractivity contribution in [3.8, 4) is 34.3 Å². The van der Waals surface area contributed by atoms with Gasteiger partial charge in [0.25, 0.3) is 0 Å². The highest BCUT2D eigenvalue weighted by molar-refractivity contribution is 9.11. The number of hydrogen-bond donors (Lipinski definition) is 3. The van der Waals surface area contributed by atoms with E-state index in [0.717, 1.165) is 59.9 Å². The second-order valence-electron chi connectivity index (χ2n) is 17.9. The largest absolute Gasteiger partial charge is 0.478 e. The Hall–Kier alpha value is -8.13. The molecule has 0 radical (unpaired) electrons. The van der Waals surface area contributed by atoms with Crippen LogP contribution in [-0.2, 0) is 14.4 Å². The lowest BCUT2D eigenvalue weighted by atomic mass is 10.1. The number of aromatic nitrogens is 9. The Morgan fingerprint density at radius 3 is 0.701 bits per heavy atom. The molecule has 0 saturated carbocycles. The molecule has 3 atom stereocenters. The number of hydrogen-bond acceptors (Lipinski definition) is 12. The minimum atomic E-state index is -1.17. The topological polar surface area (TPSA) is 232 Å². The zero-order valence-electron chi connectivity index (χ0n) is 42.9. The number of rotatable bonds is 15. The lowest BCUT2D eigenvalue weighted by Crippen LogP contribution is -2.19. The first kappa shape index (κ1) is 66.4. The van der Waals surface area contributed by atoms with Crippen LogP contribution in [0.15, 0.2) is 227 Å². The number of carbonyl (C=O) groups is 3. The van der Waals surface area contributed by atoms with E-state index >= 15 is 0 Å². The Morgan fingerprint density at radius 2 is 0.506 bits per heavy atom. The van der Waals surface area contributed by atoms with Crippen LogP contribution in [0.1, 0.15) is 57.3 Å². The van der Waals surface area contributed by atoms with Gasteiger partial charge in [-0.1, -0.05) is 191 Å². The van der Waals surface area contributed by atoms with Gasteiger partial charge in [-0.05, 0) is 127 Å². The third kappa shape index (κ3) is 16.3. The number of carboxylic acid groups (broad SMARTS) is 3. The van der Waals surface area contributed by atoms with Crippen LogP contribution in [0, 0.1) is 0 Å². The summed E-state index contributed by atoms with van der Waals surface area (Å²) in [5.74, 6) is -2.18. The first-order valence-electron chi connectivity index (χ1n) is 24.8. The van der Waals surface area contributed by atoms with Gasteiger partial charge in [0, 0.05) is 43.5 Å². The molecule has 0 aliphatic heterocycles. The molecule has 0 bridgehead atoms. The molecule has 3 N–H and O–H groups in total. The molecular formula is C63H51Br6N9O9. The van der Waals surface area contributed by atoms with E-state index in [1.54, 1.807) is 127 Å². The van der Waals surface area contributed by atoms with Crippen LogP contribution in [0.2, 0.25) is 0 Å². The van der Waals surface area contributed by atoms with Crippen molar-refractivity contribution in [2.45, 2.75) is 40.6 Å². The number of aliphatic carboxylic acids is 3. The minimum absolute atomic E-state index is 0. The zero-order valence-corrected chi connectivity index (χ0v) is 52.4. The van der Waals surface area contributed by atoms with Crippen LogP contribution in [0.3, 0.4) is 0 Å². The second kappa shape index (κ2) is 30.0. The Morgan fingerprint density at radius 1 is 0.310 bits per heavy atom. The van der Waals surface area contributed by atoms with Crippen molar-refractivity contribution < 1.29 is 43.9 Å². The van der Waals surface area contributed by atoms with E-state index in [2.05, 4.69) is 126 Å². The molecule has 9 aromatic carbocycles. The molecule has 0 amide bonds. The molecule has 18 nitrogen and oxygen atoms in total. The van der Waals surface area contributed by atoms with Crippen molar-refractivity contribution in [1.82, 2.24) is 45.0 Å². The van der Waals surface area contributed by atoms with Crippen LogP contribution >= 0.6 is 95.6 Å². The summed E-state index contributed by atoms with van der Waals surface area (Å²) < 4.78 is 22.7. The highest BCUT2D eigenvalue weighted by Crippen LogP contribution is 2.35. The molecule has 0 aliphatic carbocycles. The summed E-state index contributed by atoms with van der Waals surface area (Å²) >= 11 is 20.4. The van der Waals surface area contributed by atoms with Crippen LogP contribution in [0.25, 0.3) is 50.2 Å². The van der Waals surface area contributed by atoms with Gasteiger partial charge in [0.05, 0.1) is 0 Å². The third-order valence-electron chi connectivity index (χ3n) is 12.2. The van der Waals surface area contributed by atoms with Gasteiger partial charge in [-0.3, -0.25) is 0 Å². The van der Waals surface area contributed by atoms with E-state index in [4.69, 9.17) is 14.2 Å². The maximum Gasteiger partial charge on any atom is 0.349 e. The predicted octanol–water partition coefficient (Wildman–Crippen LogP) is 17.4. The summed E-state index contributed by atoms with van der Waals surface area (Å²) in [5.41, 5.74) is 7.60. The van der Waals surface area contributed by atoms with E-state index in [9.17, 15) is 29.7 Å². The van der Waals surface area contributed by atoms with E-state index in [1.807, 2.05) is 72.8 Å². The van der Waals surface area contributed by atoms with Crippen molar-refractivity contribution in [3.05, 3.63) is 244 Å². The molecule has 12 rings (SSSR count). The fourth-order valence-corrected chi connectivity index (χ4v) is 10.1. The molecule has 12 aromatic rings. The molecule has 0 aliphatic rings. The predicted molar refractivity (Wildman–Crippen MR) is 355 cm³/mol. The highest BCUT2D eigenvalue weighted by atomic mass is 79.9. The summed E-state index contributed by atoms with van der Waals surface area (Å²) in [5, 5.41) is 55.9. The summed E-state index contributed by atoms with van der Waals surface area (Å²) in [6.45, 7) is 0. The van der Waals surface area contributed by atoms with Crippen LogP contribution < -0.4 is 14.2 Å². The Balaban J connectivity index is 0.000000183. The van der Waals surface area contributed by atoms with Crippen LogP contribution in [0.5, 0.6) is 17.2 Å². The van der Waals surface area contributed by atoms with Crippen molar-refractivity contribution in [1.29, 1.82) is 0 Å². The van der Waals surface area contributed by atoms with Gasteiger partial charge in [-0.25, -0.2) is 14.4 Å². The van der Waals surface area contributed by atoms with Gasteiger partial charge < -0.3 is 29.5 Å². The molecule has 0 fully saturated rings. The van der Waals surface area contributed by atoms with Gasteiger partial charge >= 0.3 is 17.9 Å². The van der Waals surface area contributed by atoms with E-state index in [1.165, 1.54) is 14.4 Å². The Kier molecular flexibility index (Phi) is 22.9. The van der Waals surface area contributed by atoms with Crippen molar-refractivity contribution >= 4 is 147 Å². The summed E-state index contributed by atoms with van der Waals surface area (Å²) in [7, 11) is 0. The van der Waals surface area contributed by atoms with Crippen molar-refractivity contribution in [2.24, 2.45) is 0 Å². The minimum Gasteiger partial charge on any atom is -0.478 e. The molecular weight excluding hydrogens is 1510 g/mol. The Bertz CT molecular complexity index is 3820. The van der Waals surface area contributed by atoms with Gasteiger partial charge in [0.15, 0.2) is 0 Å². The number of carboxylic acids is 3. The zero-order chi connectivity index (χ0) is 59.0. The second-order valence-corrected chi connectivity index (χ2v) is 23.4. The lowest BCUT2D eigenvalue weighted by molar-refractivity contribution is -0.146. The quantitative estimate of drug-likeness (QED) is 0.0866. The van der Waals surface area contributed by atoms with E-state index < -0.39 is 36.2 Å². The molecule has 0 spiro atoms. The number of benzene rings is 9. The molecule has 444 valence electrons. The fourth-order valence-electron chi connectivity index (χ4n) is 8.22. The summed E-state index contributed by atoms with van der Waals surface area (Å²) in [6, 6.07) is 59.2.